The zero-order valence-electron chi connectivity index (χ0n) is 7.17. The molecule has 0 aliphatic heterocycles. The highest BCUT2D eigenvalue weighted by Crippen LogP contribution is 1.81. The van der Waals surface area contributed by atoms with E-state index in [0.717, 1.165) is 5.01 Å². The van der Waals surface area contributed by atoms with E-state index in [9.17, 15) is 9.59 Å². The Labute approximate surface area is 70.6 Å². The van der Waals surface area contributed by atoms with Crippen LogP contribution in [0.25, 0.3) is 0 Å². The molecule has 0 unspecified atom stereocenters. The number of rotatable bonds is 0. The van der Waals surface area contributed by atoms with Gasteiger partial charge in [-0.25, -0.2) is 9.80 Å². The van der Waals surface area contributed by atoms with Crippen LogP contribution in [0.2, 0.25) is 0 Å². The molecule has 0 saturated heterocycles. The fourth-order valence-corrected chi connectivity index (χ4v) is 0.476. The van der Waals surface area contributed by atoms with Crippen molar-refractivity contribution >= 4 is 12.0 Å². The topological polar surface area (TPSA) is 58.6 Å². The second-order valence-corrected chi connectivity index (χ2v) is 1.84. The van der Waals surface area contributed by atoms with Crippen LogP contribution in [0.3, 0.4) is 0 Å². The molecule has 12 heavy (non-hydrogen) atoms. The molecular formula is C7H10N2O3. The molecule has 5 nitrogen and oxygen atoms in total. The highest BCUT2D eigenvalue weighted by Gasteiger charge is 2.08. The zero-order chi connectivity index (χ0) is 9.56. The summed E-state index contributed by atoms with van der Waals surface area (Å²) in [4.78, 5) is 21.4. The first-order chi connectivity index (χ1) is 5.61. The van der Waals surface area contributed by atoms with E-state index >= 15 is 0 Å². The van der Waals surface area contributed by atoms with Crippen LogP contribution in [0, 0.1) is 11.8 Å². The van der Waals surface area contributed by atoms with Gasteiger partial charge in [0, 0.05) is 7.05 Å². The van der Waals surface area contributed by atoms with Gasteiger partial charge in [-0.1, -0.05) is 5.92 Å². The zero-order valence-corrected chi connectivity index (χ0v) is 7.17. The fraction of sp³-hybridized carbons (Fsp3) is 0.429. The lowest BCUT2D eigenvalue weighted by molar-refractivity contribution is -0.119. The number of hydrogen-bond acceptors (Lipinski definition) is 3. The Kier molecular flexibility index (Phi) is 4.31. The number of nitrogens with one attached hydrogen (secondary N) is 1. The lowest BCUT2D eigenvalue weighted by Gasteiger charge is -2.13. The summed E-state index contributed by atoms with van der Waals surface area (Å²) >= 11 is 0. The Balaban J connectivity index is 3.97. The number of hydrazine groups is 1. The van der Waals surface area contributed by atoms with E-state index in [2.05, 4.69) is 22.0 Å². The van der Waals surface area contributed by atoms with E-state index in [1.54, 1.807) is 0 Å². The Bertz CT molecular complexity index is 239. The molecule has 0 saturated carbocycles. The first-order valence-electron chi connectivity index (χ1n) is 3.17. The molecule has 0 atom stereocenters. The first-order valence-corrected chi connectivity index (χ1v) is 3.17. The van der Waals surface area contributed by atoms with Crippen molar-refractivity contribution in [2.75, 3.05) is 14.2 Å². The van der Waals surface area contributed by atoms with E-state index in [0.29, 0.717) is 0 Å². The predicted molar refractivity (Wildman–Crippen MR) is 41.8 cm³/mol. The van der Waals surface area contributed by atoms with Crippen LogP contribution in [-0.4, -0.2) is 31.2 Å². The molecule has 2 amide bonds. The molecule has 0 aromatic rings. The number of hydrogen-bond donors (Lipinski definition) is 1. The standard InChI is InChI=1S/C7H10N2O3/c1-4-5-6(10)8-9(2)7(11)12-3/h1-3H3,(H,8,10). The van der Waals surface area contributed by atoms with Gasteiger partial charge in [-0.2, -0.15) is 0 Å². The third kappa shape index (κ3) is 3.46. The monoisotopic (exact) mass is 170 g/mol. The van der Waals surface area contributed by atoms with Crippen molar-refractivity contribution in [1.29, 1.82) is 0 Å². The van der Waals surface area contributed by atoms with Crippen LogP contribution in [0.15, 0.2) is 0 Å². The molecule has 0 aliphatic carbocycles. The highest BCUT2D eigenvalue weighted by atomic mass is 16.5. The maximum absolute atomic E-state index is 10.7. The smallest absolute Gasteiger partial charge is 0.428 e. The summed E-state index contributed by atoms with van der Waals surface area (Å²) in [5.74, 6) is 4.04. The van der Waals surface area contributed by atoms with Crippen LogP contribution >= 0.6 is 0 Å². The van der Waals surface area contributed by atoms with Crippen LogP contribution in [0.5, 0.6) is 0 Å². The van der Waals surface area contributed by atoms with Crippen molar-refractivity contribution in [2.45, 2.75) is 6.92 Å². The maximum atomic E-state index is 10.7. The molecule has 0 fully saturated rings. The molecule has 0 aliphatic rings. The van der Waals surface area contributed by atoms with E-state index in [1.165, 1.54) is 21.1 Å². The van der Waals surface area contributed by atoms with E-state index in [4.69, 9.17) is 0 Å². The third-order valence-corrected chi connectivity index (χ3v) is 0.956. The molecule has 1 N–H and O–H groups in total. The minimum absolute atomic E-state index is 0.551. The lowest BCUT2D eigenvalue weighted by atomic mass is 10.6. The van der Waals surface area contributed by atoms with Crippen LogP contribution < -0.4 is 5.43 Å². The Morgan fingerprint density at radius 3 is 2.50 bits per heavy atom. The largest absolute Gasteiger partial charge is 0.452 e. The van der Waals surface area contributed by atoms with Gasteiger partial charge < -0.3 is 4.74 Å². The van der Waals surface area contributed by atoms with Gasteiger partial charge in [0.15, 0.2) is 0 Å². The minimum Gasteiger partial charge on any atom is -0.452 e. The van der Waals surface area contributed by atoms with Crippen LogP contribution in [0.1, 0.15) is 6.92 Å². The van der Waals surface area contributed by atoms with Crippen molar-refractivity contribution in [1.82, 2.24) is 10.4 Å². The summed E-state index contributed by atoms with van der Waals surface area (Å²) < 4.78 is 4.32. The molecule has 0 heterocycles. The van der Waals surface area contributed by atoms with Crippen molar-refractivity contribution in [3.8, 4) is 11.8 Å². The maximum Gasteiger partial charge on any atom is 0.428 e. The summed E-state index contributed by atoms with van der Waals surface area (Å²) in [5.41, 5.74) is 2.18. The Morgan fingerprint density at radius 1 is 1.50 bits per heavy atom. The van der Waals surface area contributed by atoms with Crippen molar-refractivity contribution in [2.24, 2.45) is 0 Å². The highest BCUT2D eigenvalue weighted by molar-refractivity contribution is 5.94. The second-order valence-electron chi connectivity index (χ2n) is 1.84. The summed E-state index contributed by atoms with van der Waals surface area (Å²) in [7, 11) is 2.58. The van der Waals surface area contributed by atoms with Gasteiger partial charge in [0.1, 0.15) is 0 Å². The van der Waals surface area contributed by atoms with Crippen molar-refractivity contribution in [3.63, 3.8) is 0 Å². The number of nitrogens with zero attached hydrogens (tertiary/aromatic N) is 1. The predicted octanol–water partition coefficient (Wildman–Crippen LogP) is -0.261. The number of ether oxygens (including phenoxy) is 1. The summed E-state index contributed by atoms with van der Waals surface area (Å²) in [6.45, 7) is 1.53. The summed E-state index contributed by atoms with van der Waals surface area (Å²) in [6.07, 6.45) is -0.652. The molecule has 0 bridgehead atoms. The molecule has 0 aromatic carbocycles. The quantitative estimate of drug-likeness (QED) is 0.402. The molecule has 0 rings (SSSR count). The van der Waals surface area contributed by atoms with Crippen molar-refractivity contribution in [3.05, 3.63) is 0 Å². The third-order valence-electron chi connectivity index (χ3n) is 0.956. The molecule has 0 aromatic heterocycles. The first kappa shape index (κ1) is 10.3. The number of methoxy groups -OCH3 is 1. The molecule has 0 spiro atoms. The molecule has 66 valence electrons. The van der Waals surface area contributed by atoms with Gasteiger partial charge in [-0.3, -0.25) is 10.2 Å². The van der Waals surface area contributed by atoms with E-state index < -0.39 is 12.0 Å². The van der Waals surface area contributed by atoms with Gasteiger partial charge >= 0.3 is 12.0 Å². The van der Waals surface area contributed by atoms with Gasteiger partial charge in [-0.05, 0) is 12.8 Å². The van der Waals surface area contributed by atoms with E-state index in [-0.39, 0.29) is 0 Å². The van der Waals surface area contributed by atoms with Gasteiger partial charge in [0.2, 0.25) is 0 Å². The normalized spacial score (nSPS) is 7.58. The molecule has 5 heteroatoms. The number of amides is 2. The van der Waals surface area contributed by atoms with Crippen LogP contribution in [-0.2, 0) is 9.53 Å². The SMILES string of the molecule is CC#CC(=O)NN(C)C(=O)OC. The van der Waals surface area contributed by atoms with Gasteiger partial charge in [0.05, 0.1) is 7.11 Å². The Hall–Kier alpha value is -1.70. The fourth-order valence-electron chi connectivity index (χ4n) is 0.476. The van der Waals surface area contributed by atoms with Crippen molar-refractivity contribution < 1.29 is 14.3 Å². The lowest BCUT2D eigenvalue weighted by Crippen LogP contribution is -2.42. The number of carbonyl (C=O) groups is 2. The average Bonchev–Trinajstić information content (AvgIpc) is 2.03. The average molecular weight is 170 g/mol. The minimum atomic E-state index is -0.652. The van der Waals surface area contributed by atoms with Gasteiger partial charge in [0.25, 0.3) is 0 Å². The summed E-state index contributed by atoms with van der Waals surface area (Å²) in [6, 6.07) is 0. The van der Waals surface area contributed by atoms with E-state index in [1.807, 2.05) is 0 Å². The summed E-state index contributed by atoms with van der Waals surface area (Å²) in [5, 5.41) is 0.909. The molecular weight excluding hydrogens is 160 g/mol. The second kappa shape index (κ2) is 5.02. The molecule has 0 radical (unpaired) electrons. The number of carbonyl (C=O) groups excluding carboxylic acids is 2. The van der Waals surface area contributed by atoms with Crippen LogP contribution in [0.4, 0.5) is 4.79 Å². The Morgan fingerprint density at radius 2 is 2.08 bits per heavy atom. The van der Waals surface area contributed by atoms with Gasteiger partial charge in [-0.15, -0.1) is 0 Å².